The molecule has 0 unspecified atom stereocenters. The van der Waals surface area contributed by atoms with Crippen LogP contribution in [0.4, 0.5) is 0 Å². The lowest BCUT2D eigenvalue weighted by atomic mass is 9.99. The number of ketones is 1. The lowest BCUT2D eigenvalue weighted by Crippen LogP contribution is -1.98. The first-order valence-corrected chi connectivity index (χ1v) is 8.69. The number of hydrogen-bond donors (Lipinski definition) is 0. The average molecular weight is 342 g/mol. The third-order valence-electron chi connectivity index (χ3n) is 4.26. The van der Waals surface area contributed by atoms with Gasteiger partial charge < -0.3 is 4.74 Å². The van der Waals surface area contributed by atoms with E-state index in [9.17, 15) is 4.79 Å². The number of carbonyl (C=O) groups excluding carboxylic acids is 1. The van der Waals surface area contributed by atoms with Crippen molar-refractivity contribution < 1.29 is 9.53 Å². The fourth-order valence-corrected chi connectivity index (χ4v) is 2.91. The van der Waals surface area contributed by atoms with Crippen molar-refractivity contribution >= 4 is 17.4 Å². The maximum atomic E-state index is 11.9. The van der Waals surface area contributed by atoms with E-state index in [0.29, 0.717) is 6.61 Å². The first kappa shape index (κ1) is 17.7. The van der Waals surface area contributed by atoms with Crippen molar-refractivity contribution in [3.05, 3.63) is 101 Å². The summed E-state index contributed by atoms with van der Waals surface area (Å²) in [6.45, 7) is 4.16. The molecule has 0 saturated heterocycles. The number of Topliss-reactive ketones (excluding diaryl/α,β-unsaturated/α-hetero) is 1. The van der Waals surface area contributed by atoms with Crippen LogP contribution in [0.1, 0.15) is 40.9 Å². The Balaban J connectivity index is 1.88. The Labute approximate surface area is 154 Å². The van der Waals surface area contributed by atoms with E-state index in [-0.39, 0.29) is 5.78 Å². The van der Waals surface area contributed by atoms with Crippen LogP contribution in [0.25, 0.3) is 11.6 Å². The van der Waals surface area contributed by atoms with Gasteiger partial charge in [0.1, 0.15) is 12.4 Å². The normalized spacial score (nSPS) is 11.2. The third-order valence-corrected chi connectivity index (χ3v) is 4.26. The minimum absolute atomic E-state index is 0.0678. The standard InChI is InChI=1S/C24H22O2/c1-18(16-21-12-6-7-14-23(21)19(2)25)22-13-8-9-15-24(22)26-17-20-10-4-3-5-11-20/h3-16H,17H2,1-2H3/b18-16-. The van der Waals surface area contributed by atoms with Gasteiger partial charge in [-0.2, -0.15) is 0 Å². The quantitative estimate of drug-likeness (QED) is 0.404. The molecule has 0 aliphatic carbocycles. The van der Waals surface area contributed by atoms with E-state index >= 15 is 0 Å². The highest BCUT2D eigenvalue weighted by molar-refractivity contribution is 5.99. The summed E-state index contributed by atoms with van der Waals surface area (Å²) in [7, 11) is 0. The summed E-state index contributed by atoms with van der Waals surface area (Å²) < 4.78 is 6.05. The van der Waals surface area contributed by atoms with Gasteiger partial charge in [-0.1, -0.05) is 78.9 Å². The van der Waals surface area contributed by atoms with Gasteiger partial charge in [-0.15, -0.1) is 0 Å². The molecule has 3 aromatic rings. The van der Waals surface area contributed by atoms with E-state index in [0.717, 1.165) is 33.6 Å². The topological polar surface area (TPSA) is 26.3 Å². The predicted molar refractivity (Wildman–Crippen MR) is 107 cm³/mol. The zero-order valence-corrected chi connectivity index (χ0v) is 15.1. The van der Waals surface area contributed by atoms with E-state index in [1.807, 2.05) is 79.7 Å². The highest BCUT2D eigenvalue weighted by Gasteiger charge is 2.08. The molecule has 3 rings (SSSR count). The van der Waals surface area contributed by atoms with Gasteiger partial charge in [0.15, 0.2) is 5.78 Å². The Kier molecular flexibility index (Phi) is 5.65. The number of rotatable bonds is 6. The molecule has 0 bridgehead atoms. The summed E-state index contributed by atoms with van der Waals surface area (Å²) in [5, 5.41) is 0. The fraction of sp³-hybridized carbons (Fsp3) is 0.125. The molecular formula is C24H22O2. The van der Waals surface area contributed by atoms with Crippen molar-refractivity contribution in [3.8, 4) is 5.75 Å². The largest absolute Gasteiger partial charge is 0.488 e. The molecule has 0 heterocycles. The van der Waals surface area contributed by atoms with Crippen LogP contribution in [0.5, 0.6) is 5.75 Å². The molecule has 0 fully saturated rings. The van der Waals surface area contributed by atoms with Gasteiger partial charge in [0.05, 0.1) is 0 Å². The smallest absolute Gasteiger partial charge is 0.160 e. The van der Waals surface area contributed by atoms with Gasteiger partial charge in [-0.05, 0) is 36.6 Å². The number of hydrogen-bond acceptors (Lipinski definition) is 2. The monoisotopic (exact) mass is 342 g/mol. The van der Waals surface area contributed by atoms with Gasteiger partial charge >= 0.3 is 0 Å². The summed E-state index contributed by atoms with van der Waals surface area (Å²) in [5.74, 6) is 0.906. The molecule has 0 saturated carbocycles. The molecule has 0 spiro atoms. The second-order valence-electron chi connectivity index (χ2n) is 6.24. The average Bonchev–Trinajstić information content (AvgIpc) is 2.67. The third kappa shape index (κ3) is 4.28. The molecule has 0 amide bonds. The minimum atomic E-state index is 0.0678. The molecule has 0 radical (unpaired) electrons. The van der Waals surface area contributed by atoms with Gasteiger partial charge in [-0.3, -0.25) is 4.79 Å². The van der Waals surface area contributed by atoms with E-state index in [4.69, 9.17) is 4.74 Å². The van der Waals surface area contributed by atoms with Gasteiger partial charge in [0, 0.05) is 11.1 Å². The molecule has 0 atom stereocenters. The first-order valence-electron chi connectivity index (χ1n) is 8.69. The lowest BCUT2D eigenvalue weighted by Gasteiger charge is -2.12. The highest BCUT2D eigenvalue weighted by atomic mass is 16.5. The SMILES string of the molecule is CC(=O)c1ccccc1/C=C(/C)c1ccccc1OCc1ccccc1. The van der Waals surface area contributed by atoms with E-state index in [1.165, 1.54) is 0 Å². The van der Waals surface area contributed by atoms with E-state index in [1.54, 1.807) is 6.92 Å². The van der Waals surface area contributed by atoms with Crippen LogP contribution in [-0.2, 0) is 6.61 Å². The molecule has 3 aromatic carbocycles. The molecule has 130 valence electrons. The van der Waals surface area contributed by atoms with Crippen LogP contribution >= 0.6 is 0 Å². The van der Waals surface area contributed by atoms with Gasteiger partial charge in [0.25, 0.3) is 0 Å². The van der Waals surface area contributed by atoms with Crippen molar-refractivity contribution in [2.75, 3.05) is 0 Å². The molecule has 26 heavy (non-hydrogen) atoms. The highest BCUT2D eigenvalue weighted by Crippen LogP contribution is 2.28. The summed E-state index contributed by atoms with van der Waals surface area (Å²) in [5.41, 5.74) is 4.87. The molecule has 0 aromatic heterocycles. The van der Waals surface area contributed by atoms with Crippen molar-refractivity contribution in [1.82, 2.24) is 0 Å². The summed E-state index contributed by atoms with van der Waals surface area (Å²) in [4.78, 5) is 11.9. The zero-order valence-electron chi connectivity index (χ0n) is 15.1. The predicted octanol–water partition coefficient (Wildman–Crippen LogP) is 6.03. The van der Waals surface area contributed by atoms with Crippen molar-refractivity contribution in [2.24, 2.45) is 0 Å². The van der Waals surface area contributed by atoms with Gasteiger partial charge in [0.2, 0.25) is 0 Å². The molecule has 2 nitrogen and oxygen atoms in total. The number of carbonyl (C=O) groups is 1. The van der Waals surface area contributed by atoms with Gasteiger partial charge in [-0.25, -0.2) is 0 Å². The van der Waals surface area contributed by atoms with E-state index < -0.39 is 0 Å². The number of para-hydroxylation sites is 1. The second kappa shape index (κ2) is 8.30. The molecule has 0 N–H and O–H groups in total. The van der Waals surface area contributed by atoms with E-state index in [2.05, 4.69) is 12.1 Å². The Morgan fingerprint density at radius 1 is 0.808 bits per heavy atom. The minimum Gasteiger partial charge on any atom is -0.488 e. The number of allylic oxidation sites excluding steroid dienone is 1. The Hall–Kier alpha value is -3.13. The summed E-state index contributed by atoms with van der Waals surface area (Å²) >= 11 is 0. The van der Waals surface area contributed by atoms with Crippen LogP contribution < -0.4 is 4.74 Å². The van der Waals surface area contributed by atoms with Crippen LogP contribution in [0.2, 0.25) is 0 Å². The maximum absolute atomic E-state index is 11.9. The van der Waals surface area contributed by atoms with Crippen LogP contribution in [0.15, 0.2) is 78.9 Å². The number of benzene rings is 3. The van der Waals surface area contributed by atoms with Crippen LogP contribution in [0.3, 0.4) is 0 Å². The summed E-state index contributed by atoms with van der Waals surface area (Å²) in [6.07, 6.45) is 2.04. The molecule has 0 aliphatic rings. The van der Waals surface area contributed by atoms with Crippen molar-refractivity contribution in [3.63, 3.8) is 0 Å². The zero-order chi connectivity index (χ0) is 18.4. The first-order chi connectivity index (χ1) is 12.6. The summed E-state index contributed by atoms with van der Waals surface area (Å²) in [6, 6.07) is 25.8. The second-order valence-corrected chi connectivity index (χ2v) is 6.24. The fourth-order valence-electron chi connectivity index (χ4n) is 2.91. The molecule has 0 aliphatic heterocycles. The lowest BCUT2D eigenvalue weighted by molar-refractivity contribution is 0.101. The molecular weight excluding hydrogens is 320 g/mol. The molecule has 2 heteroatoms. The van der Waals surface area contributed by atoms with Crippen molar-refractivity contribution in [2.45, 2.75) is 20.5 Å². The van der Waals surface area contributed by atoms with Crippen LogP contribution in [-0.4, -0.2) is 5.78 Å². The van der Waals surface area contributed by atoms with Crippen molar-refractivity contribution in [1.29, 1.82) is 0 Å². The Morgan fingerprint density at radius 3 is 2.15 bits per heavy atom. The Morgan fingerprint density at radius 2 is 1.42 bits per heavy atom. The maximum Gasteiger partial charge on any atom is 0.160 e. The van der Waals surface area contributed by atoms with Crippen LogP contribution in [0, 0.1) is 0 Å². The number of ether oxygens (including phenoxy) is 1. The Bertz CT molecular complexity index is 924.